The molecule has 1 aromatic rings. The monoisotopic (exact) mass is 227 g/mol. The van der Waals surface area contributed by atoms with Crippen LogP contribution in [0.25, 0.3) is 0 Å². The molecule has 0 spiro atoms. The van der Waals surface area contributed by atoms with Gasteiger partial charge in [0.25, 0.3) is 0 Å². The van der Waals surface area contributed by atoms with Gasteiger partial charge in [-0.1, -0.05) is 30.3 Å². The van der Waals surface area contributed by atoms with Crippen LogP contribution in [0.3, 0.4) is 0 Å². The maximum atomic E-state index is 11.4. The molecule has 1 aromatic carbocycles. The van der Waals surface area contributed by atoms with Crippen molar-refractivity contribution in [3.8, 4) is 0 Å². The molecule has 5 nitrogen and oxygen atoms in total. The number of barbiturate groups is 1. The van der Waals surface area contributed by atoms with Crippen molar-refractivity contribution in [1.29, 1.82) is 0 Å². The van der Waals surface area contributed by atoms with E-state index in [2.05, 4.69) is 0 Å². The van der Waals surface area contributed by atoms with Crippen LogP contribution in [-0.4, -0.2) is 47.4 Å². The van der Waals surface area contributed by atoms with Crippen LogP contribution in [0, 0.1) is 0 Å². The number of amides is 4. The maximum Gasteiger partial charge on any atom is 0.328 e. The van der Waals surface area contributed by atoms with Crippen molar-refractivity contribution in [3.05, 3.63) is 35.9 Å². The van der Waals surface area contributed by atoms with Crippen LogP contribution in [0.4, 0.5) is 4.79 Å². The Kier molecular flexibility index (Phi) is 4.23. The average molecular weight is 227 g/mol. The zero-order chi connectivity index (χ0) is 10.8. The Morgan fingerprint density at radius 1 is 0.875 bits per heavy atom. The normalized spacial score (nSPS) is 16.1. The molecule has 1 saturated heterocycles. The Morgan fingerprint density at radius 3 is 1.88 bits per heavy atom. The van der Waals surface area contributed by atoms with Gasteiger partial charge in [-0.25, -0.2) is 4.79 Å². The van der Waals surface area contributed by atoms with E-state index in [1.54, 1.807) is 30.3 Å². The standard InChI is InChI=1S/C10H8N2O3.Na/c13-8-7(6-4-2-1-3-5-6)9(14)12-10(15)11-8;/h1-5,7H,(H2,11,12,13,14,15);. The van der Waals surface area contributed by atoms with Gasteiger partial charge >= 0.3 is 6.03 Å². The first-order valence-corrected chi connectivity index (χ1v) is 4.39. The molecule has 77 valence electrons. The summed E-state index contributed by atoms with van der Waals surface area (Å²) in [4.78, 5) is 33.6. The first kappa shape index (κ1) is 12.9. The minimum absolute atomic E-state index is 0. The quantitative estimate of drug-likeness (QED) is 0.513. The van der Waals surface area contributed by atoms with E-state index < -0.39 is 23.8 Å². The molecule has 0 saturated carbocycles. The van der Waals surface area contributed by atoms with Crippen molar-refractivity contribution in [2.45, 2.75) is 5.92 Å². The molecule has 0 aliphatic carbocycles. The van der Waals surface area contributed by atoms with Crippen LogP contribution in [0.1, 0.15) is 11.5 Å². The van der Waals surface area contributed by atoms with E-state index in [-0.39, 0.29) is 29.6 Å². The van der Waals surface area contributed by atoms with Gasteiger partial charge in [-0.15, -0.1) is 0 Å². The van der Waals surface area contributed by atoms with Crippen molar-refractivity contribution in [2.75, 3.05) is 0 Å². The second-order valence-corrected chi connectivity index (χ2v) is 3.15. The zero-order valence-corrected chi connectivity index (χ0v) is 10.7. The Morgan fingerprint density at radius 2 is 1.38 bits per heavy atom. The van der Waals surface area contributed by atoms with Crippen LogP contribution in [0.5, 0.6) is 0 Å². The summed E-state index contributed by atoms with van der Waals surface area (Å²) in [6, 6.07) is 7.81. The molecule has 1 aliphatic heterocycles. The van der Waals surface area contributed by atoms with Gasteiger partial charge in [0.2, 0.25) is 11.8 Å². The Labute approximate surface area is 114 Å². The molecule has 1 aliphatic rings. The average Bonchev–Trinajstić information content (AvgIpc) is 2.17. The number of hydrogen-bond donors (Lipinski definition) is 2. The van der Waals surface area contributed by atoms with Gasteiger partial charge in [0.15, 0.2) is 0 Å². The van der Waals surface area contributed by atoms with Gasteiger partial charge in [0.1, 0.15) is 5.92 Å². The van der Waals surface area contributed by atoms with Gasteiger partial charge in [-0.05, 0) is 5.56 Å². The fourth-order valence-corrected chi connectivity index (χ4v) is 1.47. The van der Waals surface area contributed by atoms with E-state index in [9.17, 15) is 14.4 Å². The Balaban J connectivity index is 0.00000128. The van der Waals surface area contributed by atoms with E-state index in [0.29, 0.717) is 5.56 Å². The number of benzene rings is 1. The molecule has 1 fully saturated rings. The molecule has 2 N–H and O–H groups in total. The van der Waals surface area contributed by atoms with Gasteiger partial charge < -0.3 is 0 Å². The molecule has 1 radical (unpaired) electrons. The third-order valence-corrected chi connectivity index (χ3v) is 2.13. The second kappa shape index (κ2) is 5.25. The molecule has 2 rings (SSSR count). The van der Waals surface area contributed by atoms with Crippen LogP contribution in [0.15, 0.2) is 30.3 Å². The third kappa shape index (κ3) is 2.49. The number of rotatable bonds is 1. The van der Waals surface area contributed by atoms with E-state index in [1.807, 2.05) is 10.6 Å². The maximum absolute atomic E-state index is 11.4. The fourth-order valence-electron chi connectivity index (χ4n) is 1.47. The number of nitrogens with one attached hydrogen (secondary N) is 2. The van der Waals surface area contributed by atoms with Gasteiger partial charge in [-0.2, -0.15) is 0 Å². The van der Waals surface area contributed by atoms with E-state index >= 15 is 0 Å². The van der Waals surface area contributed by atoms with Crippen molar-refractivity contribution in [2.24, 2.45) is 0 Å². The van der Waals surface area contributed by atoms with E-state index in [0.717, 1.165) is 0 Å². The molecule has 1 heterocycles. The van der Waals surface area contributed by atoms with Crippen molar-refractivity contribution >= 4 is 47.4 Å². The van der Waals surface area contributed by atoms with E-state index in [1.165, 1.54) is 0 Å². The summed E-state index contributed by atoms with van der Waals surface area (Å²) in [5.41, 5.74) is 0.569. The summed E-state index contributed by atoms with van der Waals surface area (Å²) in [5.74, 6) is -2.12. The summed E-state index contributed by atoms with van der Waals surface area (Å²) >= 11 is 0. The Bertz CT molecular complexity index is 413. The van der Waals surface area contributed by atoms with E-state index in [4.69, 9.17) is 0 Å². The molecule has 0 aromatic heterocycles. The van der Waals surface area contributed by atoms with Crippen LogP contribution in [-0.2, 0) is 9.59 Å². The Hall–Kier alpha value is -1.17. The van der Waals surface area contributed by atoms with Crippen LogP contribution in [0.2, 0.25) is 0 Å². The number of urea groups is 1. The van der Waals surface area contributed by atoms with Crippen molar-refractivity contribution < 1.29 is 14.4 Å². The van der Waals surface area contributed by atoms with Crippen LogP contribution < -0.4 is 10.6 Å². The second-order valence-electron chi connectivity index (χ2n) is 3.15. The topological polar surface area (TPSA) is 75.3 Å². The zero-order valence-electron chi connectivity index (χ0n) is 8.69. The third-order valence-electron chi connectivity index (χ3n) is 2.13. The fraction of sp³-hybridized carbons (Fsp3) is 0.100. The first-order valence-electron chi connectivity index (χ1n) is 4.39. The molecular weight excluding hydrogens is 219 g/mol. The molecule has 6 heteroatoms. The van der Waals surface area contributed by atoms with Gasteiger partial charge in [0, 0.05) is 29.6 Å². The summed E-state index contributed by atoms with van der Waals surface area (Å²) < 4.78 is 0. The number of carbonyl (C=O) groups is 3. The summed E-state index contributed by atoms with van der Waals surface area (Å²) in [7, 11) is 0. The predicted molar refractivity (Wildman–Crippen MR) is 56.6 cm³/mol. The SMILES string of the molecule is O=C1NC(=O)C(c2ccccc2)C(=O)N1.[Na]. The first-order chi connectivity index (χ1) is 7.18. The smallest absolute Gasteiger partial charge is 0.277 e. The number of carbonyl (C=O) groups excluding carboxylic acids is 3. The van der Waals surface area contributed by atoms with Crippen molar-refractivity contribution in [3.63, 3.8) is 0 Å². The molecule has 0 unspecified atom stereocenters. The molecular formula is C10H8N2NaO3. The number of hydrogen-bond acceptors (Lipinski definition) is 3. The minimum atomic E-state index is -0.941. The minimum Gasteiger partial charge on any atom is -0.277 e. The van der Waals surface area contributed by atoms with Gasteiger partial charge in [0.05, 0.1) is 0 Å². The molecule has 0 bridgehead atoms. The predicted octanol–water partition coefficient (Wildman–Crippen LogP) is -0.245. The van der Waals surface area contributed by atoms with Crippen molar-refractivity contribution in [1.82, 2.24) is 10.6 Å². The van der Waals surface area contributed by atoms with Gasteiger partial charge in [-0.3, -0.25) is 20.2 Å². The van der Waals surface area contributed by atoms with Crippen LogP contribution >= 0.6 is 0 Å². The largest absolute Gasteiger partial charge is 0.328 e. The summed E-state index contributed by atoms with van der Waals surface area (Å²) in [6.07, 6.45) is 0. The molecule has 16 heavy (non-hydrogen) atoms. The summed E-state index contributed by atoms with van der Waals surface area (Å²) in [5, 5.41) is 4.10. The summed E-state index contributed by atoms with van der Waals surface area (Å²) in [6.45, 7) is 0. The molecule has 0 atom stereocenters. The molecule has 4 amide bonds. The number of imide groups is 2.